The Bertz CT molecular complexity index is 534. The van der Waals surface area contributed by atoms with E-state index in [1.165, 1.54) is 6.07 Å². The summed E-state index contributed by atoms with van der Waals surface area (Å²) in [7, 11) is 0. The van der Waals surface area contributed by atoms with Crippen molar-refractivity contribution in [1.29, 1.82) is 0 Å². The van der Waals surface area contributed by atoms with Gasteiger partial charge < -0.3 is 0 Å². The second kappa shape index (κ2) is 5.47. The number of rotatable bonds is 3. The fourth-order valence-corrected chi connectivity index (χ4v) is 1.82. The topological polar surface area (TPSA) is 25.8 Å². The molecule has 0 amide bonds. The Morgan fingerprint density at radius 2 is 2.12 bits per heavy atom. The van der Waals surface area contributed by atoms with Gasteiger partial charge in [0.25, 0.3) is 0 Å². The van der Waals surface area contributed by atoms with Crippen LogP contribution >= 0.6 is 24.2 Å². The average molecular weight is 269 g/mol. The fourth-order valence-electron chi connectivity index (χ4n) is 1.44. The summed E-state index contributed by atoms with van der Waals surface area (Å²) in [6.07, 6.45) is 2.38. The predicted molar refractivity (Wildman–Crippen MR) is 70.0 cm³/mol. The van der Waals surface area contributed by atoms with Crippen LogP contribution in [0.5, 0.6) is 0 Å². The zero-order chi connectivity index (χ0) is 12.3. The first-order valence-corrected chi connectivity index (χ1v) is 6.10. The summed E-state index contributed by atoms with van der Waals surface area (Å²) in [5.74, 6) is 0.978. The van der Waals surface area contributed by atoms with Crippen LogP contribution in [0.1, 0.15) is 5.82 Å². The van der Waals surface area contributed by atoms with E-state index in [4.69, 9.17) is 11.6 Å². The van der Waals surface area contributed by atoms with E-state index in [9.17, 15) is 4.39 Å². The van der Waals surface area contributed by atoms with Crippen LogP contribution in [0.25, 0.3) is 11.3 Å². The third-order valence-electron chi connectivity index (χ3n) is 2.26. The van der Waals surface area contributed by atoms with E-state index in [0.717, 1.165) is 17.1 Å². The highest BCUT2D eigenvalue weighted by molar-refractivity contribution is 7.80. The quantitative estimate of drug-likeness (QED) is 0.864. The minimum atomic E-state index is -0.431. The number of benzene rings is 1. The molecule has 0 saturated heterocycles. The molecule has 17 heavy (non-hydrogen) atoms. The molecule has 0 radical (unpaired) electrons. The largest absolute Gasteiger partial charge is 0.241 e. The molecule has 0 bridgehead atoms. The summed E-state index contributed by atoms with van der Waals surface area (Å²) >= 11 is 9.87. The number of hydrogen-bond acceptors (Lipinski definition) is 3. The maximum atomic E-state index is 13.0. The van der Waals surface area contributed by atoms with Crippen molar-refractivity contribution in [3.63, 3.8) is 0 Å². The van der Waals surface area contributed by atoms with E-state index in [-0.39, 0.29) is 5.02 Å². The first kappa shape index (κ1) is 12.3. The van der Waals surface area contributed by atoms with Gasteiger partial charge in [-0.1, -0.05) is 11.6 Å². The lowest BCUT2D eigenvalue weighted by Gasteiger charge is -2.04. The zero-order valence-electron chi connectivity index (χ0n) is 8.90. The number of halogens is 2. The number of aryl methyl sites for hydroxylation is 1. The molecule has 0 aliphatic heterocycles. The molecule has 2 aromatic rings. The molecule has 88 valence electrons. The average Bonchev–Trinajstić information content (AvgIpc) is 2.33. The minimum Gasteiger partial charge on any atom is -0.241 e. The van der Waals surface area contributed by atoms with Gasteiger partial charge in [0.05, 0.1) is 10.7 Å². The number of aromatic nitrogens is 2. The van der Waals surface area contributed by atoms with Crippen LogP contribution in [0.2, 0.25) is 5.02 Å². The third-order valence-corrected chi connectivity index (χ3v) is 2.77. The van der Waals surface area contributed by atoms with Crippen LogP contribution < -0.4 is 0 Å². The Balaban J connectivity index is 2.38. The van der Waals surface area contributed by atoms with E-state index >= 15 is 0 Å². The molecule has 1 aromatic carbocycles. The Kier molecular flexibility index (Phi) is 3.97. The maximum absolute atomic E-state index is 13.0. The number of nitrogens with zero attached hydrogens (tertiary/aromatic N) is 2. The van der Waals surface area contributed by atoms with Crippen molar-refractivity contribution >= 4 is 24.2 Å². The van der Waals surface area contributed by atoms with E-state index in [1.807, 2.05) is 0 Å². The highest BCUT2D eigenvalue weighted by Gasteiger charge is 2.05. The van der Waals surface area contributed by atoms with Gasteiger partial charge in [-0.25, -0.2) is 14.4 Å². The van der Waals surface area contributed by atoms with Crippen LogP contribution in [-0.2, 0) is 6.42 Å². The molecule has 0 aliphatic carbocycles. The van der Waals surface area contributed by atoms with Gasteiger partial charge in [-0.05, 0) is 30.0 Å². The van der Waals surface area contributed by atoms with Crippen molar-refractivity contribution in [2.75, 3.05) is 5.75 Å². The molecule has 0 fully saturated rings. The molecule has 0 spiro atoms. The molecule has 2 rings (SSSR count). The standard InChI is InChI=1S/C12H10ClFN2S/c13-9-7-8(1-2-10(9)14)11-3-5-15-12(16-11)4-6-17/h1-3,5,7,17H,4,6H2. The lowest BCUT2D eigenvalue weighted by molar-refractivity contribution is 0.628. The Labute approximate surface area is 109 Å². The Morgan fingerprint density at radius 1 is 1.29 bits per heavy atom. The Morgan fingerprint density at radius 3 is 2.82 bits per heavy atom. The van der Waals surface area contributed by atoms with Crippen molar-refractivity contribution in [2.24, 2.45) is 0 Å². The number of thiol groups is 1. The molecule has 0 saturated carbocycles. The van der Waals surface area contributed by atoms with Gasteiger partial charge in [-0.3, -0.25) is 0 Å². The van der Waals surface area contributed by atoms with Crippen LogP contribution in [0.15, 0.2) is 30.5 Å². The molecule has 0 N–H and O–H groups in total. The van der Waals surface area contributed by atoms with Crippen LogP contribution in [-0.4, -0.2) is 15.7 Å². The highest BCUT2D eigenvalue weighted by Crippen LogP contribution is 2.23. The zero-order valence-corrected chi connectivity index (χ0v) is 10.5. The number of hydrogen-bond donors (Lipinski definition) is 1. The summed E-state index contributed by atoms with van der Waals surface area (Å²) in [5, 5.41) is 0.0943. The lowest BCUT2D eigenvalue weighted by Crippen LogP contribution is -1.97. The molecule has 0 atom stereocenters. The summed E-state index contributed by atoms with van der Waals surface area (Å²) in [6, 6.07) is 6.31. The minimum absolute atomic E-state index is 0.0943. The maximum Gasteiger partial charge on any atom is 0.141 e. The molecular formula is C12H10ClFN2S. The van der Waals surface area contributed by atoms with Crippen molar-refractivity contribution in [3.8, 4) is 11.3 Å². The summed E-state index contributed by atoms with van der Waals surface area (Å²) < 4.78 is 13.0. The van der Waals surface area contributed by atoms with Crippen LogP contribution in [0.3, 0.4) is 0 Å². The van der Waals surface area contributed by atoms with Gasteiger partial charge in [-0.2, -0.15) is 12.6 Å². The van der Waals surface area contributed by atoms with Gasteiger partial charge in [0.1, 0.15) is 11.6 Å². The third kappa shape index (κ3) is 2.96. The van der Waals surface area contributed by atoms with Crippen molar-refractivity contribution in [3.05, 3.63) is 47.1 Å². The molecule has 1 heterocycles. The monoisotopic (exact) mass is 268 g/mol. The molecular weight excluding hydrogens is 259 g/mol. The van der Waals surface area contributed by atoms with E-state index in [0.29, 0.717) is 12.2 Å². The predicted octanol–water partition coefficient (Wildman–Crippen LogP) is 3.41. The smallest absolute Gasteiger partial charge is 0.141 e. The second-order valence-corrected chi connectivity index (χ2v) is 4.32. The van der Waals surface area contributed by atoms with Crippen LogP contribution in [0, 0.1) is 5.82 Å². The molecule has 1 aromatic heterocycles. The molecule has 5 heteroatoms. The summed E-state index contributed by atoms with van der Waals surface area (Å²) in [5.41, 5.74) is 1.51. The molecule has 0 aliphatic rings. The fraction of sp³-hybridized carbons (Fsp3) is 0.167. The second-order valence-electron chi connectivity index (χ2n) is 3.46. The van der Waals surface area contributed by atoms with Gasteiger partial charge >= 0.3 is 0 Å². The lowest BCUT2D eigenvalue weighted by atomic mass is 10.1. The van der Waals surface area contributed by atoms with Gasteiger partial charge in [0.15, 0.2) is 0 Å². The summed E-state index contributed by atoms with van der Waals surface area (Å²) in [6.45, 7) is 0. The normalized spacial score (nSPS) is 10.5. The highest BCUT2D eigenvalue weighted by atomic mass is 35.5. The molecule has 0 unspecified atom stereocenters. The SMILES string of the molecule is Fc1ccc(-c2ccnc(CCS)n2)cc1Cl. The molecule has 2 nitrogen and oxygen atoms in total. The van der Waals surface area contributed by atoms with E-state index in [1.54, 1.807) is 24.4 Å². The Hall–Kier alpha value is -1.13. The van der Waals surface area contributed by atoms with Crippen LogP contribution in [0.4, 0.5) is 4.39 Å². The van der Waals surface area contributed by atoms with Crippen molar-refractivity contribution < 1.29 is 4.39 Å². The van der Waals surface area contributed by atoms with Crippen molar-refractivity contribution in [1.82, 2.24) is 9.97 Å². The van der Waals surface area contributed by atoms with Gasteiger partial charge in [0.2, 0.25) is 0 Å². The van der Waals surface area contributed by atoms with Gasteiger partial charge in [-0.15, -0.1) is 0 Å². The first-order chi connectivity index (χ1) is 8.20. The van der Waals surface area contributed by atoms with Gasteiger partial charge in [0, 0.05) is 18.2 Å². The first-order valence-electron chi connectivity index (χ1n) is 5.09. The van der Waals surface area contributed by atoms with Crippen molar-refractivity contribution in [2.45, 2.75) is 6.42 Å². The summed E-state index contributed by atoms with van der Waals surface area (Å²) in [4.78, 5) is 8.49. The van der Waals surface area contributed by atoms with E-state index < -0.39 is 5.82 Å². The van der Waals surface area contributed by atoms with E-state index in [2.05, 4.69) is 22.6 Å².